The largest absolute Gasteiger partial charge is 0.353 e. The molecule has 1 aromatic heterocycles. The smallest absolute Gasteiger partial charge is 0.203 e. The van der Waals surface area contributed by atoms with E-state index in [1.807, 2.05) is 6.92 Å². The maximum Gasteiger partial charge on any atom is 0.203 e. The number of aryl methyl sites for hydroxylation is 2. The van der Waals surface area contributed by atoms with Crippen molar-refractivity contribution in [3.63, 3.8) is 0 Å². The SMILES string of the molecule is CCn1cc(C)nc1NC1CCN(C)CC1. The minimum absolute atomic E-state index is 0.586. The summed E-state index contributed by atoms with van der Waals surface area (Å²) >= 11 is 0. The van der Waals surface area contributed by atoms with Crippen LogP contribution in [0.2, 0.25) is 0 Å². The third-order valence-electron chi connectivity index (χ3n) is 3.29. The lowest BCUT2D eigenvalue weighted by atomic mass is 10.1. The van der Waals surface area contributed by atoms with E-state index in [4.69, 9.17) is 0 Å². The van der Waals surface area contributed by atoms with Gasteiger partial charge in [-0.25, -0.2) is 4.98 Å². The first kappa shape index (κ1) is 11.5. The first-order valence-electron chi connectivity index (χ1n) is 6.18. The molecule has 90 valence electrons. The second kappa shape index (κ2) is 4.87. The molecule has 0 bridgehead atoms. The summed E-state index contributed by atoms with van der Waals surface area (Å²) in [7, 11) is 2.19. The van der Waals surface area contributed by atoms with Gasteiger partial charge in [0, 0.05) is 18.8 Å². The lowest BCUT2D eigenvalue weighted by Gasteiger charge is -2.29. The minimum Gasteiger partial charge on any atom is -0.353 e. The maximum absolute atomic E-state index is 4.53. The zero-order valence-electron chi connectivity index (χ0n) is 10.5. The quantitative estimate of drug-likeness (QED) is 0.845. The molecule has 0 aliphatic carbocycles. The van der Waals surface area contributed by atoms with E-state index in [-0.39, 0.29) is 0 Å². The predicted molar refractivity (Wildman–Crippen MR) is 66.8 cm³/mol. The number of imidazole rings is 1. The molecule has 0 amide bonds. The van der Waals surface area contributed by atoms with Crippen LogP contribution in [-0.2, 0) is 6.54 Å². The summed E-state index contributed by atoms with van der Waals surface area (Å²) in [5.41, 5.74) is 1.09. The van der Waals surface area contributed by atoms with Crippen molar-refractivity contribution in [3.05, 3.63) is 11.9 Å². The van der Waals surface area contributed by atoms with Crippen LogP contribution in [0.5, 0.6) is 0 Å². The number of nitrogens with zero attached hydrogens (tertiary/aromatic N) is 3. The van der Waals surface area contributed by atoms with E-state index in [1.54, 1.807) is 0 Å². The number of piperidine rings is 1. The second-order valence-corrected chi connectivity index (χ2v) is 4.71. The molecular weight excluding hydrogens is 200 g/mol. The third kappa shape index (κ3) is 2.55. The first-order valence-corrected chi connectivity index (χ1v) is 6.18. The highest BCUT2D eigenvalue weighted by atomic mass is 15.2. The zero-order valence-corrected chi connectivity index (χ0v) is 10.5. The van der Waals surface area contributed by atoms with Gasteiger partial charge in [-0.1, -0.05) is 0 Å². The minimum atomic E-state index is 0.586. The fourth-order valence-corrected chi connectivity index (χ4v) is 2.24. The van der Waals surface area contributed by atoms with Crippen LogP contribution in [-0.4, -0.2) is 40.6 Å². The molecule has 0 spiro atoms. The topological polar surface area (TPSA) is 33.1 Å². The number of aromatic nitrogens is 2. The molecule has 2 rings (SSSR count). The summed E-state index contributed by atoms with van der Waals surface area (Å²) in [5, 5.41) is 3.57. The number of hydrogen-bond donors (Lipinski definition) is 1. The Kier molecular flexibility index (Phi) is 3.49. The summed E-state index contributed by atoms with van der Waals surface area (Å²) < 4.78 is 2.19. The van der Waals surface area contributed by atoms with Crippen molar-refractivity contribution in [1.82, 2.24) is 14.5 Å². The highest BCUT2D eigenvalue weighted by molar-refractivity contribution is 5.30. The van der Waals surface area contributed by atoms with Crippen molar-refractivity contribution in [3.8, 4) is 0 Å². The Balaban J connectivity index is 1.97. The van der Waals surface area contributed by atoms with Crippen LogP contribution in [0, 0.1) is 6.92 Å². The van der Waals surface area contributed by atoms with Gasteiger partial charge in [-0.05, 0) is 46.8 Å². The van der Waals surface area contributed by atoms with E-state index < -0.39 is 0 Å². The second-order valence-electron chi connectivity index (χ2n) is 4.71. The van der Waals surface area contributed by atoms with Crippen LogP contribution >= 0.6 is 0 Å². The van der Waals surface area contributed by atoms with Gasteiger partial charge in [0.2, 0.25) is 5.95 Å². The van der Waals surface area contributed by atoms with Crippen molar-refractivity contribution >= 4 is 5.95 Å². The molecule has 16 heavy (non-hydrogen) atoms. The van der Waals surface area contributed by atoms with Gasteiger partial charge >= 0.3 is 0 Å². The number of anilines is 1. The Morgan fingerprint density at radius 2 is 2.12 bits per heavy atom. The summed E-state index contributed by atoms with van der Waals surface area (Å²) in [5.74, 6) is 1.04. The van der Waals surface area contributed by atoms with Crippen molar-refractivity contribution in [2.24, 2.45) is 0 Å². The monoisotopic (exact) mass is 222 g/mol. The molecule has 1 saturated heterocycles. The molecule has 1 aliphatic heterocycles. The van der Waals surface area contributed by atoms with Crippen molar-refractivity contribution in [2.45, 2.75) is 39.3 Å². The number of likely N-dealkylation sites (tertiary alicyclic amines) is 1. The summed E-state index contributed by atoms with van der Waals surface area (Å²) in [6.07, 6.45) is 4.54. The van der Waals surface area contributed by atoms with E-state index in [1.165, 1.54) is 25.9 Å². The van der Waals surface area contributed by atoms with Crippen LogP contribution in [0.3, 0.4) is 0 Å². The van der Waals surface area contributed by atoms with Crippen molar-refractivity contribution < 1.29 is 0 Å². The average Bonchev–Trinajstić information content (AvgIpc) is 2.62. The van der Waals surface area contributed by atoms with Crippen molar-refractivity contribution in [1.29, 1.82) is 0 Å². The summed E-state index contributed by atoms with van der Waals surface area (Å²) in [6.45, 7) is 7.55. The molecule has 0 unspecified atom stereocenters. The van der Waals surface area contributed by atoms with E-state index in [2.05, 4.69) is 39.9 Å². The first-order chi connectivity index (χ1) is 7.69. The van der Waals surface area contributed by atoms with Gasteiger partial charge in [-0.15, -0.1) is 0 Å². The van der Waals surface area contributed by atoms with E-state index >= 15 is 0 Å². The molecule has 2 heterocycles. The molecule has 0 saturated carbocycles. The Hall–Kier alpha value is -1.03. The van der Waals surface area contributed by atoms with E-state index in [9.17, 15) is 0 Å². The fourth-order valence-electron chi connectivity index (χ4n) is 2.24. The molecule has 0 atom stereocenters. The normalized spacial score (nSPS) is 18.9. The third-order valence-corrected chi connectivity index (χ3v) is 3.29. The van der Waals surface area contributed by atoms with Crippen LogP contribution in [0.1, 0.15) is 25.5 Å². The molecule has 4 nitrogen and oxygen atoms in total. The van der Waals surface area contributed by atoms with Gasteiger partial charge in [0.05, 0.1) is 5.69 Å². The molecule has 0 radical (unpaired) electrons. The van der Waals surface area contributed by atoms with Crippen LogP contribution in [0.4, 0.5) is 5.95 Å². The van der Waals surface area contributed by atoms with Gasteiger partial charge in [0.1, 0.15) is 0 Å². The molecule has 1 aliphatic rings. The Morgan fingerprint density at radius 1 is 1.44 bits per heavy atom. The molecule has 1 fully saturated rings. The maximum atomic E-state index is 4.53. The van der Waals surface area contributed by atoms with Gasteiger partial charge in [-0.3, -0.25) is 0 Å². The Bertz CT molecular complexity index is 337. The van der Waals surface area contributed by atoms with Gasteiger partial charge < -0.3 is 14.8 Å². The zero-order chi connectivity index (χ0) is 11.5. The van der Waals surface area contributed by atoms with Crippen LogP contribution in [0.15, 0.2) is 6.20 Å². The predicted octanol–water partition coefficient (Wildman–Crippen LogP) is 1.72. The molecule has 0 aromatic carbocycles. The van der Waals surface area contributed by atoms with Crippen LogP contribution in [0.25, 0.3) is 0 Å². The van der Waals surface area contributed by atoms with Gasteiger partial charge in [-0.2, -0.15) is 0 Å². The standard InChI is InChI=1S/C12H22N4/c1-4-16-9-10(2)13-12(16)14-11-5-7-15(3)8-6-11/h9,11H,4-8H2,1-3H3,(H,13,14). The Labute approximate surface area is 97.7 Å². The number of nitrogens with one attached hydrogen (secondary N) is 1. The number of rotatable bonds is 3. The van der Waals surface area contributed by atoms with Gasteiger partial charge in [0.15, 0.2) is 0 Å². The van der Waals surface area contributed by atoms with Crippen molar-refractivity contribution in [2.75, 3.05) is 25.5 Å². The molecule has 4 heteroatoms. The Morgan fingerprint density at radius 3 is 2.75 bits per heavy atom. The van der Waals surface area contributed by atoms with Gasteiger partial charge in [0.25, 0.3) is 0 Å². The fraction of sp³-hybridized carbons (Fsp3) is 0.750. The highest BCUT2D eigenvalue weighted by Crippen LogP contribution is 2.15. The number of hydrogen-bond acceptors (Lipinski definition) is 3. The van der Waals surface area contributed by atoms with E-state index in [0.717, 1.165) is 18.2 Å². The molecule has 1 aromatic rings. The average molecular weight is 222 g/mol. The highest BCUT2D eigenvalue weighted by Gasteiger charge is 2.17. The summed E-state index contributed by atoms with van der Waals surface area (Å²) in [6, 6.07) is 0.586. The molecular formula is C12H22N4. The van der Waals surface area contributed by atoms with E-state index in [0.29, 0.717) is 6.04 Å². The lowest BCUT2D eigenvalue weighted by Crippen LogP contribution is -2.37. The summed E-state index contributed by atoms with van der Waals surface area (Å²) in [4.78, 5) is 6.92. The lowest BCUT2D eigenvalue weighted by molar-refractivity contribution is 0.263. The van der Waals surface area contributed by atoms with Crippen LogP contribution < -0.4 is 5.32 Å². The molecule has 1 N–H and O–H groups in total.